The number of nitrogens with two attached hydrogens (primary N) is 1. The first-order valence-corrected chi connectivity index (χ1v) is 5.93. The molecule has 0 radical (unpaired) electrons. The molecule has 0 aromatic heterocycles. The van der Waals surface area contributed by atoms with E-state index in [1.807, 2.05) is 12.1 Å². The van der Waals surface area contributed by atoms with Gasteiger partial charge >= 0.3 is 0 Å². The van der Waals surface area contributed by atoms with Crippen molar-refractivity contribution in [3.05, 3.63) is 33.8 Å². The van der Waals surface area contributed by atoms with E-state index in [0.717, 1.165) is 5.56 Å². The first-order chi connectivity index (χ1) is 8.20. The van der Waals surface area contributed by atoms with Gasteiger partial charge in [0.1, 0.15) is 0 Å². The Labute approximate surface area is 111 Å². The molecule has 0 saturated heterocycles. The van der Waals surface area contributed by atoms with E-state index in [9.17, 15) is 0 Å². The second-order valence-corrected chi connectivity index (χ2v) is 4.22. The van der Waals surface area contributed by atoms with E-state index >= 15 is 0 Å². The van der Waals surface area contributed by atoms with Crippen molar-refractivity contribution >= 4 is 23.2 Å². The Bertz CT molecular complexity index is 350. The molecule has 0 fully saturated rings. The molecule has 0 aliphatic heterocycles. The molecule has 1 atom stereocenters. The summed E-state index contributed by atoms with van der Waals surface area (Å²) in [6, 6.07) is 5.21. The summed E-state index contributed by atoms with van der Waals surface area (Å²) in [5.74, 6) is 5.48. The largest absolute Gasteiger partial charge is 0.382 e. The number of methoxy groups -OCH3 is 1. The van der Waals surface area contributed by atoms with Crippen LogP contribution in [0.25, 0.3) is 0 Å². The highest BCUT2D eigenvalue weighted by molar-refractivity contribution is 6.42. The van der Waals surface area contributed by atoms with Crippen molar-refractivity contribution in [2.45, 2.75) is 6.04 Å². The van der Waals surface area contributed by atoms with E-state index in [1.54, 1.807) is 13.2 Å². The Balaban J connectivity index is 2.63. The molecule has 1 aromatic carbocycles. The number of rotatable bonds is 7. The monoisotopic (exact) mass is 278 g/mol. The van der Waals surface area contributed by atoms with Gasteiger partial charge in [-0.2, -0.15) is 0 Å². The zero-order valence-electron chi connectivity index (χ0n) is 9.58. The van der Waals surface area contributed by atoms with Crippen molar-refractivity contribution in [3.63, 3.8) is 0 Å². The lowest BCUT2D eigenvalue weighted by atomic mass is 10.1. The van der Waals surface area contributed by atoms with E-state index in [2.05, 4.69) is 5.43 Å². The molecule has 0 saturated carbocycles. The van der Waals surface area contributed by atoms with Gasteiger partial charge in [-0.1, -0.05) is 35.3 Å². The number of ether oxygens (including phenoxy) is 2. The summed E-state index contributed by atoms with van der Waals surface area (Å²) in [6.45, 7) is 1.45. The van der Waals surface area contributed by atoms with Crippen molar-refractivity contribution in [2.24, 2.45) is 5.84 Å². The fourth-order valence-corrected chi connectivity index (χ4v) is 1.80. The second kappa shape index (κ2) is 7.87. The van der Waals surface area contributed by atoms with Crippen LogP contribution in [0.15, 0.2) is 18.2 Å². The zero-order chi connectivity index (χ0) is 12.7. The van der Waals surface area contributed by atoms with Crippen LogP contribution in [0.5, 0.6) is 0 Å². The van der Waals surface area contributed by atoms with Crippen LogP contribution in [0.3, 0.4) is 0 Å². The summed E-state index contributed by atoms with van der Waals surface area (Å²) < 4.78 is 10.3. The van der Waals surface area contributed by atoms with Gasteiger partial charge in [0, 0.05) is 7.11 Å². The van der Waals surface area contributed by atoms with Crippen molar-refractivity contribution in [3.8, 4) is 0 Å². The summed E-state index contributed by atoms with van der Waals surface area (Å²) in [5, 5.41) is 0.994. The summed E-state index contributed by atoms with van der Waals surface area (Å²) in [7, 11) is 1.62. The van der Waals surface area contributed by atoms with Gasteiger partial charge in [0.05, 0.1) is 35.9 Å². The molecule has 0 spiro atoms. The van der Waals surface area contributed by atoms with Crippen LogP contribution in [0.4, 0.5) is 0 Å². The summed E-state index contributed by atoms with van der Waals surface area (Å²) >= 11 is 12.0. The third-order valence-electron chi connectivity index (χ3n) is 2.27. The highest BCUT2D eigenvalue weighted by atomic mass is 35.5. The van der Waals surface area contributed by atoms with Crippen LogP contribution < -0.4 is 11.3 Å². The van der Waals surface area contributed by atoms with Gasteiger partial charge in [0.25, 0.3) is 0 Å². The lowest BCUT2D eigenvalue weighted by molar-refractivity contribution is 0.0586. The molecule has 4 nitrogen and oxygen atoms in total. The lowest BCUT2D eigenvalue weighted by Crippen LogP contribution is -2.32. The van der Waals surface area contributed by atoms with Gasteiger partial charge in [-0.3, -0.25) is 11.3 Å². The maximum absolute atomic E-state index is 6.10. The molecular formula is C11H16Cl2N2O2. The molecule has 0 aliphatic rings. The summed E-state index contributed by atoms with van der Waals surface area (Å²) in [5.41, 5.74) is 3.47. The molecule has 1 rings (SSSR count). The standard InChI is InChI=1S/C11H16Cl2N2O2/c1-16-5-6-17-7-10(15-14)8-3-2-4-9(12)11(8)13/h2-4,10,15H,5-7,14H2,1H3. The van der Waals surface area contributed by atoms with Crippen LogP contribution in [-0.2, 0) is 9.47 Å². The fourth-order valence-electron chi connectivity index (χ4n) is 1.36. The maximum atomic E-state index is 6.10. The van der Waals surface area contributed by atoms with E-state index in [0.29, 0.717) is 29.9 Å². The minimum absolute atomic E-state index is 0.196. The Morgan fingerprint density at radius 2 is 2.12 bits per heavy atom. The van der Waals surface area contributed by atoms with Crippen molar-refractivity contribution in [1.82, 2.24) is 5.43 Å². The third-order valence-corrected chi connectivity index (χ3v) is 3.11. The van der Waals surface area contributed by atoms with Crippen LogP contribution >= 0.6 is 23.2 Å². The minimum Gasteiger partial charge on any atom is -0.382 e. The first-order valence-electron chi connectivity index (χ1n) is 5.17. The number of hydrazine groups is 1. The van der Waals surface area contributed by atoms with Gasteiger partial charge in [0.2, 0.25) is 0 Å². The third kappa shape index (κ3) is 4.43. The number of nitrogens with one attached hydrogen (secondary N) is 1. The average molecular weight is 279 g/mol. The molecule has 0 bridgehead atoms. The molecule has 0 amide bonds. The van der Waals surface area contributed by atoms with Crippen LogP contribution in [0, 0.1) is 0 Å². The maximum Gasteiger partial charge on any atom is 0.0708 e. The van der Waals surface area contributed by atoms with Gasteiger partial charge in [-0.05, 0) is 11.6 Å². The number of benzene rings is 1. The van der Waals surface area contributed by atoms with Gasteiger partial charge in [-0.25, -0.2) is 0 Å². The van der Waals surface area contributed by atoms with E-state index in [-0.39, 0.29) is 6.04 Å². The number of hydrogen-bond acceptors (Lipinski definition) is 4. The lowest BCUT2D eigenvalue weighted by Gasteiger charge is -2.18. The highest BCUT2D eigenvalue weighted by Gasteiger charge is 2.15. The van der Waals surface area contributed by atoms with Crippen LogP contribution in [-0.4, -0.2) is 26.9 Å². The molecule has 1 aromatic rings. The Morgan fingerprint density at radius 3 is 2.76 bits per heavy atom. The predicted octanol–water partition coefficient (Wildman–Crippen LogP) is 2.16. The molecule has 3 N–H and O–H groups in total. The molecule has 96 valence electrons. The van der Waals surface area contributed by atoms with Crippen molar-refractivity contribution < 1.29 is 9.47 Å². The summed E-state index contributed by atoms with van der Waals surface area (Å²) in [4.78, 5) is 0. The molecule has 6 heteroatoms. The molecule has 17 heavy (non-hydrogen) atoms. The topological polar surface area (TPSA) is 56.5 Å². The SMILES string of the molecule is COCCOCC(NN)c1cccc(Cl)c1Cl. The van der Waals surface area contributed by atoms with E-state index < -0.39 is 0 Å². The van der Waals surface area contributed by atoms with Crippen molar-refractivity contribution in [1.29, 1.82) is 0 Å². The van der Waals surface area contributed by atoms with Gasteiger partial charge < -0.3 is 9.47 Å². The van der Waals surface area contributed by atoms with E-state index in [1.165, 1.54) is 0 Å². The fraction of sp³-hybridized carbons (Fsp3) is 0.455. The number of hydrogen-bond donors (Lipinski definition) is 2. The molecular weight excluding hydrogens is 263 g/mol. The van der Waals surface area contributed by atoms with Crippen LogP contribution in [0.1, 0.15) is 11.6 Å². The Morgan fingerprint density at radius 1 is 1.35 bits per heavy atom. The normalized spacial score (nSPS) is 12.7. The molecule has 0 heterocycles. The average Bonchev–Trinajstić information content (AvgIpc) is 2.34. The Kier molecular flexibility index (Phi) is 6.80. The van der Waals surface area contributed by atoms with Gasteiger partial charge in [0.15, 0.2) is 0 Å². The zero-order valence-corrected chi connectivity index (χ0v) is 11.1. The smallest absolute Gasteiger partial charge is 0.0708 e. The van der Waals surface area contributed by atoms with Crippen molar-refractivity contribution in [2.75, 3.05) is 26.9 Å². The van der Waals surface area contributed by atoms with Crippen LogP contribution in [0.2, 0.25) is 10.0 Å². The first kappa shape index (κ1) is 14.7. The Hall–Kier alpha value is -0.360. The number of halogens is 2. The second-order valence-electron chi connectivity index (χ2n) is 3.43. The van der Waals surface area contributed by atoms with Gasteiger partial charge in [-0.15, -0.1) is 0 Å². The summed E-state index contributed by atoms with van der Waals surface area (Å²) in [6.07, 6.45) is 0. The van der Waals surface area contributed by atoms with E-state index in [4.69, 9.17) is 38.5 Å². The minimum atomic E-state index is -0.196. The molecule has 1 unspecified atom stereocenters. The quantitative estimate of drug-likeness (QED) is 0.456. The highest BCUT2D eigenvalue weighted by Crippen LogP contribution is 2.29. The predicted molar refractivity (Wildman–Crippen MR) is 69.2 cm³/mol. The molecule has 0 aliphatic carbocycles.